The van der Waals surface area contributed by atoms with Crippen molar-refractivity contribution in [2.24, 2.45) is 5.92 Å². The molecule has 0 aliphatic carbocycles. The third kappa shape index (κ3) is 6.44. The molecule has 1 saturated heterocycles. The summed E-state index contributed by atoms with van der Waals surface area (Å²) in [7, 11) is 0. The number of ether oxygens (including phenoxy) is 1. The van der Waals surface area contributed by atoms with Crippen molar-refractivity contribution in [2.75, 3.05) is 28.8 Å². The van der Waals surface area contributed by atoms with Crippen molar-refractivity contribution < 1.29 is 19.1 Å². The number of anilines is 3. The Bertz CT molecular complexity index is 1390. The summed E-state index contributed by atoms with van der Waals surface area (Å²) in [5.74, 6) is -0.944. The molecule has 0 unspecified atom stereocenters. The van der Waals surface area contributed by atoms with Crippen LogP contribution >= 0.6 is 11.6 Å². The maximum Gasteiger partial charge on any atom is 0.262 e. The molecule has 1 atom stereocenters. The predicted octanol–water partition coefficient (Wildman–Crippen LogP) is 5.09. The molecule has 1 heterocycles. The van der Waals surface area contributed by atoms with Crippen LogP contribution in [-0.4, -0.2) is 30.9 Å². The first kappa shape index (κ1) is 27.0. The molecule has 1 fully saturated rings. The molecule has 1 aliphatic rings. The summed E-state index contributed by atoms with van der Waals surface area (Å²) in [4.78, 5) is 39.6. The van der Waals surface area contributed by atoms with E-state index in [9.17, 15) is 14.4 Å². The number of benzene rings is 3. The van der Waals surface area contributed by atoms with Gasteiger partial charge in [-0.05, 0) is 92.4 Å². The minimum atomic E-state index is -0.524. The monoisotopic (exact) mass is 534 g/mol. The Morgan fingerprint density at radius 1 is 0.947 bits per heavy atom. The smallest absolute Gasteiger partial charge is 0.262 e. The van der Waals surface area contributed by atoms with Gasteiger partial charge in [-0.25, -0.2) is 0 Å². The van der Waals surface area contributed by atoms with Crippen LogP contribution < -0.4 is 25.8 Å². The van der Waals surface area contributed by atoms with Crippen LogP contribution in [0.4, 0.5) is 17.1 Å². The number of halogens is 1. The number of carbonyl (C=O) groups is 3. The van der Waals surface area contributed by atoms with Gasteiger partial charge in [-0.2, -0.15) is 0 Å². The van der Waals surface area contributed by atoms with Crippen LogP contribution in [0.3, 0.4) is 0 Å². The lowest BCUT2D eigenvalue weighted by Gasteiger charge is -2.18. The topological polar surface area (TPSA) is 99.8 Å². The Kier molecular flexibility index (Phi) is 8.22. The zero-order valence-electron chi connectivity index (χ0n) is 21.9. The molecule has 3 aromatic carbocycles. The summed E-state index contributed by atoms with van der Waals surface area (Å²) in [6.45, 7) is 8.03. The molecule has 9 heteroatoms. The molecule has 0 aromatic heterocycles. The number of carbonyl (C=O) groups excluding carboxylic acids is 3. The molecular formula is C29H31ClN4O4. The van der Waals surface area contributed by atoms with Crippen LogP contribution in [0.2, 0.25) is 5.02 Å². The molecule has 0 saturated carbocycles. The Morgan fingerprint density at radius 2 is 1.66 bits per heavy atom. The van der Waals surface area contributed by atoms with Gasteiger partial charge in [0.1, 0.15) is 5.75 Å². The zero-order chi connectivity index (χ0) is 27.4. The van der Waals surface area contributed by atoms with Crippen LogP contribution in [0, 0.1) is 33.6 Å². The second-order valence-electron chi connectivity index (χ2n) is 9.56. The number of nitrogens with zero attached hydrogens (tertiary/aromatic N) is 1. The van der Waals surface area contributed by atoms with Crippen LogP contribution in [0.5, 0.6) is 5.75 Å². The fraction of sp³-hybridized carbons (Fsp3) is 0.276. The van der Waals surface area contributed by atoms with Crippen LogP contribution in [0.15, 0.2) is 54.6 Å². The SMILES string of the molecule is Cc1ccc(NC(=O)COc2ccc(Cl)cc2NNC(=O)[C@H]2CC(=O)N(c3ccc(C)c(C)c3)C2)cc1C. The third-order valence-electron chi connectivity index (χ3n) is 6.71. The molecule has 8 nitrogen and oxygen atoms in total. The van der Waals surface area contributed by atoms with Crippen molar-refractivity contribution in [3.05, 3.63) is 81.9 Å². The van der Waals surface area contributed by atoms with E-state index >= 15 is 0 Å². The number of rotatable bonds is 8. The molecule has 3 amide bonds. The average Bonchev–Trinajstić information content (AvgIpc) is 3.27. The van der Waals surface area contributed by atoms with Crippen molar-refractivity contribution in [3.8, 4) is 5.75 Å². The Morgan fingerprint density at radius 3 is 2.37 bits per heavy atom. The Labute approximate surface area is 227 Å². The molecule has 0 spiro atoms. The van der Waals surface area contributed by atoms with E-state index in [4.69, 9.17) is 16.3 Å². The number of hydrogen-bond donors (Lipinski definition) is 3. The number of nitrogens with one attached hydrogen (secondary N) is 3. The van der Waals surface area contributed by atoms with Gasteiger partial charge >= 0.3 is 0 Å². The molecule has 1 aliphatic heterocycles. The number of hydrazine groups is 1. The lowest BCUT2D eigenvalue weighted by Crippen LogP contribution is -2.36. The fourth-order valence-corrected chi connectivity index (χ4v) is 4.31. The van der Waals surface area contributed by atoms with Gasteiger partial charge in [-0.3, -0.25) is 25.2 Å². The lowest BCUT2D eigenvalue weighted by atomic mass is 10.1. The highest BCUT2D eigenvalue weighted by Crippen LogP contribution is 2.29. The van der Waals surface area contributed by atoms with Crippen molar-refractivity contribution in [1.82, 2.24) is 5.43 Å². The average molecular weight is 535 g/mol. The molecular weight excluding hydrogens is 504 g/mol. The van der Waals surface area contributed by atoms with Gasteiger partial charge < -0.3 is 15.0 Å². The van der Waals surface area contributed by atoms with Crippen molar-refractivity contribution in [3.63, 3.8) is 0 Å². The van der Waals surface area contributed by atoms with Crippen molar-refractivity contribution >= 4 is 46.4 Å². The molecule has 4 rings (SSSR count). The van der Waals surface area contributed by atoms with E-state index in [-0.39, 0.29) is 37.3 Å². The van der Waals surface area contributed by atoms with Gasteiger partial charge in [0.25, 0.3) is 5.91 Å². The second kappa shape index (κ2) is 11.6. The predicted molar refractivity (Wildman–Crippen MR) is 150 cm³/mol. The van der Waals surface area contributed by atoms with E-state index in [2.05, 4.69) is 16.2 Å². The summed E-state index contributed by atoms with van der Waals surface area (Å²) in [5.41, 5.74) is 11.8. The summed E-state index contributed by atoms with van der Waals surface area (Å²) in [5, 5.41) is 3.23. The molecule has 3 N–H and O–H groups in total. The first-order valence-corrected chi connectivity index (χ1v) is 12.7. The summed E-state index contributed by atoms with van der Waals surface area (Å²) < 4.78 is 5.70. The number of amides is 3. The maximum atomic E-state index is 12.9. The highest BCUT2D eigenvalue weighted by atomic mass is 35.5. The normalized spacial score (nSPS) is 14.8. The van der Waals surface area contributed by atoms with Crippen LogP contribution in [0.25, 0.3) is 0 Å². The fourth-order valence-electron chi connectivity index (χ4n) is 4.14. The van der Waals surface area contributed by atoms with Gasteiger partial charge in [-0.1, -0.05) is 23.7 Å². The quantitative estimate of drug-likeness (QED) is 0.350. The minimum absolute atomic E-state index is 0.102. The molecule has 0 radical (unpaired) electrons. The van der Waals surface area contributed by atoms with Crippen LogP contribution in [0.1, 0.15) is 28.7 Å². The standard InChI is InChI=1S/C29H31ClN4O4/c1-17-5-8-23(11-19(17)3)31-27(35)16-38-26-10-7-22(30)14-25(26)32-33-29(37)21-13-28(36)34(15-21)24-9-6-18(2)20(4)12-24/h5-12,14,21,32H,13,15-16H2,1-4H3,(H,31,35)(H,33,37)/t21-/m0/s1. The minimum Gasteiger partial charge on any atom is -0.482 e. The molecule has 38 heavy (non-hydrogen) atoms. The van der Waals surface area contributed by atoms with Gasteiger partial charge in [0, 0.05) is 29.4 Å². The van der Waals surface area contributed by atoms with Crippen molar-refractivity contribution in [1.29, 1.82) is 0 Å². The number of hydrogen-bond acceptors (Lipinski definition) is 5. The summed E-state index contributed by atoms with van der Waals surface area (Å²) in [6.07, 6.45) is 0.109. The Hall–Kier alpha value is -4.04. The lowest BCUT2D eigenvalue weighted by molar-refractivity contribution is -0.125. The molecule has 0 bridgehead atoms. The van der Waals surface area contributed by atoms with E-state index in [0.29, 0.717) is 22.1 Å². The highest BCUT2D eigenvalue weighted by molar-refractivity contribution is 6.31. The van der Waals surface area contributed by atoms with Gasteiger partial charge in [-0.15, -0.1) is 0 Å². The van der Waals surface area contributed by atoms with E-state index in [1.54, 1.807) is 23.1 Å². The third-order valence-corrected chi connectivity index (χ3v) is 6.94. The summed E-state index contributed by atoms with van der Waals surface area (Å²) in [6, 6.07) is 16.3. The maximum absolute atomic E-state index is 12.9. The van der Waals surface area contributed by atoms with Gasteiger partial charge in [0.2, 0.25) is 11.8 Å². The van der Waals surface area contributed by atoms with E-state index in [1.807, 2.05) is 64.1 Å². The first-order chi connectivity index (χ1) is 18.1. The van der Waals surface area contributed by atoms with E-state index in [1.165, 1.54) is 0 Å². The largest absolute Gasteiger partial charge is 0.482 e. The van der Waals surface area contributed by atoms with Gasteiger partial charge in [0.15, 0.2) is 6.61 Å². The molecule has 198 valence electrons. The van der Waals surface area contributed by atoms with Crippen LogP contribution in [-0.2, 0) is 14.4 Å². The van der Waals surface area contributed by atoms with Gasteiger partial charge in [0.05, 0.1) is 11.6 Å². The zero-order valence-corrected chi connectivity index (χ0v) is 22.6. The van der Waals surface area contributed by atoms with Crippen molar-refractivity contribution in [2.45, 2.75) is 34.1 Å². The highest BCUT2D eigenvalue weighted by Gasteiger charge is 2.35. The van der Waals surface area contributed by atoms with E-state index in [0.717, 1.165) is 27.9 Å². The second-order valence-corrected chi connectivity index (χ2v) is 10.0. The number of aryl methyl sites for hydroxylation is 4. The van der Waals surface area contributed by atoms with E-state index < -0.39 is 5.92 Å². The summed E-state index contributed by atoms with van der Waals surface area (Å²) >= 11 is 6.15. The Balaban J connectivity index is 1.34. The first-order valence-electron chi connectivity index (χ1n) is 12.3. The molecule has 3 aromatic rings.